The van der Waals surface area contributed by atoms with Gasteiger partial charge in [0, 0.05) is 38.3 Å². The quantitative estimate of drug-likeness (QED) is 0.469. The minimum absolute atomic E-state index is 0.0278. The van der Waals surface area contributed by atoms with Gasteiger partial charge in [-0.3, -0.25) is 4.90 Å². The number of hydrogen-bond acceptors (Lipinski definition) is 5. The summed E-state index contributed by atoms with van der Waals surface area (Å²) in [6, 6.07) is 10.4. The maximum Gasteiger partial charge on any atom is 0.191 e. The van der Waals surface area contributed by atoms with E-state index >= 15 is 0 Å². The zero-order valence-electron chi connectivity index (χ0n) is 18.3. The molecule has 1 aromatic heterocycles. The highest BCUT2D eigenvalue weighted by atomic mass is 32.1. The van der Waals surface area contributed by atoms with Crippen molar-refractivity contribution in [3.8, 4) is 11.5 Å². The van der Waals surface area contributed by atoms with Gasteiger partial charge in [0.05, 0.1) is 13.7 Å². The Morgan fingerprint density at radius 3 is 2.77 bits per heavy atom. The van der Waals surface area contributed by atoms with Crippen molar-refractivity contribution in [1.29, 1.82) is 0 Å². The summed E-state index contributed by atoms with van der Waals surface area (Å²) >= 11 is 1.77. The van der Waals surface area contributed by atoms with E-state index in [0.717, 1.165) is 56.5 Å². The summed E-state index contributed by atoms with van der Waals surface area (Å²) in [5.74, 6) is 2.46. The van der Waals surface area contributed by atoms with Crippen LogP contribution in [0.5, 0.6) is 11.5 Å². The maximum atomic E-state index is 5.99. The van der Waals surface area contributed by atoms with Crippen molar-refractivity contribution in [2.75, 3.05) is 33.3 Å². The van der Waals surface area contributed by atoms with E-state index in [0.29, 0.717) is 12.6 Å². The van der Waals surface area contributed by atoms with Gasteiger partial charge in [0.15, 0.2) is 5.96 Å². The molecule has 7 heteroatoms. The fraction of sp³-hybridized carbons (Fsp3) is 0.522. The van der Waals surface area contributed by atoms with Crippen LogP contribution in [0.4, 0.5) is 0 Å². The van der Waals surface area contributed by atoms with Crippen LogP contribution in [0, 0.1) is 0 Å². The predicted octanol–water partition coefficient (Wildman–Crippen LogP) is 3.74. The van der Waals surface area contributed by atoms with Crippen LogP contribution in [-0.4, -0.2) is 56.3 Å². The summed E-state index contributed by atoms with van der Waals surface area (Å²) in [5.41, 5.74) is 1.42. The molecule has 164 valence electrons. The van der Waals surface area contributed by atoms with Gasteiger partial charge in [-0.15, -0.1) is 0 Å². The van der Waals surface area contributed by atoms with E-state index < -0.39 is 0 Å². The van der Waals surface area contributed by atoms with Crippen molar-refractivity contribution in [2.24, 2.45) is 4.99 Å². The third-order valence-corrected chi connectivity index (χ3v) is 5.88. The van der Waals surface area contributed by atoms with Crippen molar-refractivity contribution in [1.82, 2.24) is 15.5 Å². The van der Waals surface area contributed by atoms with Gasteiger partial charge < -0.3 is 20.1 Å². The van der Waals surface area contributed by atoms with E-state index in [1.54, 1.807) is 18.4 Å². The van der Waals surface area contributed by atoms with Crippen LogP contribution in [-0.2, 0) is 6.54 Å². The normalized spacial score (nSPS) is 16.8. The molecular formula is C23H34N4O2S. The molecule has 1 aliphatic heterocycles. The Balaban J connectivity index is 1.45. The summed E-state index contributed by atoms with van der Waals surface area (Å²) in [5, 5.41) is 11.4. The Kier molecular flexibility index (Phi) is 8.83. The topological polar surface area (TPSA) is 58.1 Å². The number of thiophene rings is 1. The molecule has 2 N–H and O–H groups in total. The number of nitrogens with one attached hydrogen (secondary N) is 2. The van der Waals surface area contributed by atoms with Crippen LogP contribution in [0.3, 0.4) is 0 Å². The maximum absolute atomic E-state index is 5.99. The summed E-state index contributed by atoms with van der Waals surface area (Å²) in [6.07, 6.45) is 2.23. The number of nitrogens with zero attached hydrogens (tertiary/aromatic N) is 2. The van der Waals surface area contributed by atoms with E-state index in [9.17, 15) is 0 Å². The SMILES string of the molecule is CCNC(=NCC(C)Oc1cccc(OC)c1)NC1CCN(Cc2ccsc2)CC1. The van der Waals surface area contributed by atoms with Gasteiger partial charge in [-0.25, -0.2) is 4.99 Å². The van der Waals surface area contributed by atoms with Gasteiger partial charge in [0.25, 0.3) is 0 Å². The Morgan fingerprint density at radius 1 is 1.27 bits per heavy atom. The second kappa shape index (κ2) is 11.8. The molecule has 1 aromatic carbocycles. The van der Waals surface area contributed by atoms with Crippen LogP contribution in [0.25, 0.3) is 0 Å². The monoisotopic (exact) mass is 430 g/mol. The molecular weight excluding hydrogens is 396 g/mol. The molecule has 1 unspecified atom stereocenters. The molecule has 0 bridgehead atoms. The van der Waals surface area contributed by atoms with Crippen molar-refractivity contribution in [3.63, 3.8) is 0 Å². The predicted molar refractivity (Wildman–Crippen MR) is 125 cm³/mol. The molecule has 0 aliphatic carbocycles. The molecule has 1 saturated heterocycles. The van der Waals surface area contributed by atoms with Crippen molar-refractivity contribution < 1.29 is 9.47 Å². The van der Waals surface area contributed by atoms with Crippen molar-refractivity contribution >= 4 is 17.3 Å². The lowest BCUT2D eigenvalue weighted by molar-refractivity contribution is 0.198. The number of hydrogen-bond donors (Lipinski definition) is 2. The van der Waals surface area contributed by atoms with Gasteiger partial charge in [-0.05, 0) is 61.2 Å². The zero-order chi connectivity index (χ0) is 21.2. The number of ether oxygens (including phenoxy) is 2. The Labute approximate surface area is 184 Å². The summed E-state index contributed by atoms with van der Waals surface area (Å²) in [7, 11) is 1.66. The Morgan fingerprint density at radius 2 is 2.07 bits per heavy atom. The third-order valence-electron chi connectivity index (χ3n) is 5.14. The summed E-state index contributed by atoms with van der Waals surface area (Å²) < 4.78 is 11.2. The van der Waals surface area contributed by atoms with E-state index in [1.165, 1.54) is 5.56 Å². The lowest BCUT2D eigenvalue weighted by Gasteiger charge is -2.33. The molecule has 0 spiro atoms. The van der Waals surface area contributed by atoms with Crippen molar-refractivity contribution in [3.05, 3.63) is 46.7 Å². The average Bonchev–Trinajstić information content (AvgIpc) is 3.27. The summed E-state index contributed by atoms with van der Waals surface area (Å²) in [4.78, 5) is 7.29. The second-order valence-corrected chi connectivity index (χ2v) is 8.43. The second-order valence-electron chi connectivity index (χ2n) is 7.65. The fourth-order valence-electron chi connectivity index (χ4n) is 3.55. The molecule has 1 atom stereocenters. The molecule has 6 nitrogen and oxygen atoms in total. The first-order chi connectivity index (χ1) is 14.7. The number of likely N-dealkylation sites (tertiary alicyclic amines) is 1. The van der Waals surface area contributed by atoms with Gasteiger partial charge in [0.1, 0.15) is 17.6 Å². The molecule has 2 heterocycles. The molecule has 0 amide bonds. The number of benzene rings is 1. The molecule has 0 saturated carbocycles. The minimum Gasteiger partial charge on any atom is -0.497 e. The first kappa shape index (κ1) is 22.4. The first-order valence-electron chi connectivity index (χ1n) is 10.7. The smallest absolute Gasteiger partial charge is 0.191 e. The van der Waals surface area contributed by atoms with Crippen LogP contribution in [0.2, 0.25) is 0 Å². The van der Waals surface area contributed by atoms with Crippen LogP contribution in [0.15, 0.2) is 46.1 Å². The van der Waals surface area contributed by atoms with Crippen LogP contribution in [0.1, 0.15) is 32.3 Å². The van der Waals surface area contributed by atoms with E-state index in [-0.39, 0.29) is 6.10 Å². The highest BCUT2D eigenvalue weighted by Gasteiger charge is 2.20. The number of rotatable bonds is 9. The Bertz CT molecular complexity index is 773. The highest BCUT2D eigenvalue weighted by molar-refractivity contribution is 7.07. The van der Waals surface area contributed by atoms with E-state index in [4.69, 9.17) is 14.5 Å². The highest BCUT2D eigenvalue weighted by Crippen LogP contribution is 2.20. The lowest BCUT2D eigenvalue weighted by Crippen LogP contribution is -2.48. The van der Waals surface area contributed by atoms with Gasteiger partial charge in [-0.2, -0.15) is 11.3 Å². The number of methoxy groups -OCH3 is 1. The molecule has 1 aliphatic rings. The third kappa shape index (κ3) is 7.22. The number of guanidine groups is 1. The van der Waals surface area contributed by atoms with E-state index in [2.05, 4.69) is 39.3 Å². The zero-order valence-corrected chi connectivity index (χ0v) is 19.1. The van der Waals surface area contributed by atoms with Gasteiger partial charge >= 0.3 is 0 Å². The lowest BCUT2D eigenvalue weighted by atomic mass is 10.0. The van der Waals surface area contributed by atoms with E-state index in [1.807, 2.05) is 31.2 Å². The Hall–Kier alpha value is -2.25. The standard InChI is InChI=1S/C23H34N4O2S/c1-4-24-23(25-15-18(2)29-22-7-5-6-21(14-22)28-3)26-20-8-11-27(12-9-20)16-19-10-13-30-17-19/h5-7,10,13-14,17-18,20H,4,8-9,11-12,15-16H2,1-3H3,(H2,24,25,26). The minimum atomic E-state index is -0.0278. The van der Waals surface area contributed by atoms with Crippen LogP contribution >= 0.6 is 11.3 Å². The van der Waals surface area contributed by atoms with Gasteiger partial charge in [-0.1, -0.05) is 6.07 Å². The largest absolute Gasteiger partial charge is 0.497 e. The van der Waals surface area contributed by atoms with Crippen LogP contribution < -0.4 is 20.1 Å². The fourth-order valence-corrected chi connectivity index (χ4v) is 4.21. The molecule has 0 radical (unpaired) electrons. The number of aliphatic imine (C=N–C) groups is 1. The molecule has 3 rings (SSSR count). The first-order valence-corrected chi connectivity index (χ1v) is 11.7. The average molecular weight is 431 g/mol. The summed E-state index contributed by atoms with van der Waals surface area (Å²) in [6.45, 7) is 8.85. The molecule has 2 aromatic rings. The molecule has 30 heavy (non-hydrogen) atoms. The van der Waals surface area contributed by atoms with Crippen molar-refractivity contribution in [2.45, 2.75) is 45.4 Å². The van der Waals surface area contributed by atoms with Gasteiger partial charge in [0.2, 0.25) is 0 Å². The molecule has 1 fully saturated rings. The number of piperidine rings is 1.